The van der Waals surface area contributed by atoms with E-state index in [0.717, 1.165) is 13.0 Å². The second-order valence-electron chi connectivity index (χ2n) is 8.87. The highest BCUT2D eigenvalue weighted by Crippen LogP contribution is 2.42. The van der Waals surface area contributed by atoms with Crippen LogP contribution in [-0.2, 0) is 9.59 Å². The number of nitrogens with zero attached hydrogens (tertiary/aromatic N) is 2. The number of hydrogen-bond donors (Lipinski definition) is 1. The van der Waals surface area contributed by atoms with E-state index in [-0.39, 0.29) is 11.3 Å². The second kappa shape index (κ2) is 12.4. The lowest BCUT2D eigenvalue weighted by Crippen LogP contribution is -2.32. The van der Waals surface area contributed by atoms with Crippen molar-refractivity contribution in [2.24, 2.45) is 0 Å². The molecule has 1 atom stereocenters. The Balaban J connectivity index is 2.09. The molecule has 8 heteroatoms. The van der Waals surface area contributed by atoms with Gasteiger partial charge in [0.15, 0.2) is 11.5 Å². The summed E-state index contributed by atoms with van der Waals surface area (Å²) in [4.78, 5) is 30.0. The summed E-state index contributed by atoms with van der Waals surface area (Å²) in [6.07, 6.45) is 1.52. The zero-order valence-corrected chi connectivity index (χ0v) is 21.7. The smallest absolute Gasteiger partial charge is 0.295 e. The molecule has 1 saturated heterocycles. The van der Waals surface area contributed by atoms with E-state index in [1.54, 1.807) is 43.5 Å². The number of carbonyl (C=O) groups is 2. The molecule has 1 aliphatic heterocycles. The largest absolute Gasteiger partial charge is 0.507 e. The van der Waals surface area contributed by atoms with Gasteiger partial charge in [-0.15, -0.1) is 0 Å². The first-order valence-electron chi connectivity index (χ1n) is 12.3. The molecule has 36 heavy (non-hydrogen) atoms. The van der Waals surface area contributed by atoms with E-state index in [1.165, 1.54) is 4.90 Å². The maximum Gasteiger partial charge on any atom is 0.295 e. The normalized spacial score (nSPS) is 17.1. The van der Waals surface area contributed by atoms with Gasteiger partial charge in [-0.3, -0.25) is 9.59 Å². The number of benzene rings is 2. The summed E-state index contributed by atoms with van der Waals surface area (Å²) in [6.45, 7) is 6.08. The Labute approximate surface area is 213 Å². The van der Waals surface area contributed by atoms with Gasteiger partial charge in [0.25, 0.3) is 11.7 Å². The predicted octanol–water partition coefficient (Wildman–Crippen LogP) is 4.26. The quantitative estimate of drug-likeness (QED) is 0.267. The third-order valence-electron chi connectivity index (χ3n) is 5.95. The van der Waals surface area contributed by atoms with Crippen molar-refractivity contribution in [3.63, 3.8) is 0 Å². The molecule has 2 aromatic carbocycles. The highest BCUT2D eigenvalue weighted by atomic mass is 16.5. The SMILES string of the molecule is CCCOc1ccc(C2/C(=C(/O)c3ccc(OCC)cc3)C(=O)C(=O)N2CCCN(C)C)cc1OC. The van der Waals surface area contributed by atoms with Gasteiger partial charge in [0.2, 0.25) is 0 Å². The van der Waals surface area contributed by atoms with Crippen molar-refractivity contribution < 1.29 is 28.9 Å². The first kappa shape index (κ1) is 27.1. The number of aliphatic hydroxyl groups excluding tert-OH is 1. The fraction of sp³-hybridized carbons (Fsp3) is 0.429. The van der Waals surface area contributed by atoms with Crippen molar-refractivity contribution in [3.8, 4) is 17.2 Å². The first-order chi connectivity index (χ1) is 17.3. The Morgan fingerprint density at radius 2 is 1.75 bits per heavy atom. The van der Waals surface area contributed by atoms with Gasteiger partial charge in [-0.1, -0.05) is 13.0 Å². The van der Waals surface area contributed by atoms with Gasteiger partial charge in [0, 0.05) is 12.1 Å². The molecule has 3 rings (SSSR count). The van der Waals surface area contributed by atoms with Crippen molar-refractivity contribution >= 4 is 17.4 Å². The highest BCUT2D eigenvalue weighted by molar-refractivity contribution is 6.46. The molecule has 0 bridgehead atoms. The molecule has 0 aliphatic carbocycles. The average Bonchev–Trinajstić information content (AvgIpc) is 3.12. The minimum atomic E-state index is -0.757. The summed E-state index contributed by atoms with van der Waals surface area (Å²) < 4.78 is 16.8. The average molecular weight is 497 g/mol. The topological polar surface area (TPSA) is 88.5 Å². The monoisotopic (exact) mass is 496 g/mol. The molecule has 0 radical (unpaired) electrons. The van der Waals surface area contributed by atoms with Crippen LogP contribution in [0.3, 0.4) is 0 Å². The lowest BCUT2D eigenvalue weighted by Gasteiger charge is -2.26. The first-order valence-corrected chi connectivity index (χ1v) is 12.3. The minimum absolute atomic E-state index is 0.0540. The van der Waals surface area contributed by atoms with Gasteiger partial charge < -0.3 is 29.1 Å². The molecular formula is C28H36N2O6. The summed E-state index contributed by atoms with van der Waals surface area (Å²) in [7, 11) is 5.46. The summed E-state index contributed by atoms with van der Waals surface area (Å²) in [5.41, 5.74) is 1.15. The van der Waals surface area contributed by atoms with Gasteiger partial charge in [0.05, 0.1) is 31.9 Å². The molecule has 0 spiro atoms. The Kier molecular flexibility index (Phi) is 9.36. The van der Waals surface area contributed by atoms with Crippen molar-refractivity contribution in [2.75, 3.05) is 47.5 Å². The van der Waals surface area contributed by atoms with Crippen LogP contribution in [0.1, 0.15) is 43.9 Å². The number of ketones is 1. The van der Waals surface area contributed by atoms with Crippen molar-refractivity contribution in [1.29, 1.82) is 0 Å². The highest BCUT2D eigenvalue weighted by Gasteiger charge is 2.46. The van der Waals surface area contributed by atoms with E-state index >= 15 is 0 Å². The number of aliphatic hydroxyl groups is 1. The molecule has 194 valence electrons. The van der Waals surface area contributed by atoms with E-state index < -0.39 is 17.7 Å². The van der Waals surface area contributed by atoms with Crippen LogP contribution < -0.4 is 14.2 Å². The van der Waals surface area contributed by atoms with E-state index in [0.29, 0.717) is 54.6 Å². The zero-order chi connectivity index (χ0) is 26.2. The predicted molar refractivity (Wildman–Crippen MR) is 139 cm³/mol. The van der Waals surface area contributed by atoms with Crippen LogP contribution in [0.15, 0.2) is 48.0 Å². The molecule has 1 amide bonds. The molecular weight excluding hydrogens is 460 g/mol. The van der Waals surface area contributed by atoms with Crippen LogP contribution in [0.4, 0.5) is 0 Å². The maximum absolute atomic E-state index is 13.2. The van der Waals surface area contributed by atoms with E-state index in [1.807, 2.05) is 38.9 Å². The van der Waals surface area contributed by atoms with Gasteiger partial charge >= 0.3 is 0 Å². The molecule has 1 aliphatic rings. The Bertz CT molecular complexity index is 1090. The van der Waals surface area contributed by atoms with Crippen LogP contribution in [0, 0.1) is 0 Å². The number of Topliss-reactive ketones (excluding diaryl/α,β-unsaturated/α-hetero) is 1. The van der Waals surface area contributed by atoms with Crippen LogP contribution in [0.2, 0.25) is 0 Å². The molecule has 1 unspecified atom stereocenters. The number of likely N-dealkylation sites (tertiary alicyclic amines) is 1. The van der Waals surface area contributed by atoms with Gasteiger partial charge in [-0.05, 0) is 82.4 Å². The van der Waals surface area contributed by atoms with E-state index in [9.17, 15) is 14.7 Å². The fourth-order valence-corrected chi connectivity index (χ4v) is 4.23. The van der Waals surface area contributed by atoms with Crippen LogP contribution in [0.5, 0.6) is 17.2 Å². The molecule has 8 nitrogen and oxygen atoms in total. The Morgan fingerprint density at radius 1 is 1.03 bits per heavy atom. The number of carbonyl (C=O) groups excluding carboxylic acids is 2. The third kappa shape index (κ3) is 5.99. The molecule has 1 fully saturated rings. The van der Waals surface area contributed by atoms with E-state index in [4.69, 9.17) is 14.2 Å². The van der Waals surface area contributed by atoms with E-state index in [2.05, 4.69) is 0 Å². The molecule has 0 aromatic heterocycles. The fourth-order valence-electron chi connectivity index (χ4n) is 4.23. The van der Waals surface area contributed by atoms with Gasteiger partial charge in [-0.2, -0.15) is 0 Å². The molecule has 0 saturated carbocycles. The third-order valence-corrected chi connectivity index (χ3v) is 5.95. The maximum atomic E-state index is 13.2. The number of rotatable bonds is 12. The van der Waals surface area contributed by atoms with Gasteiger partial charge in [0.1, 0.15) is 11.5 Å². The zero-order valence-electron chi connectivity index (χ0n) is 21.7. The van der Waals surface area contributed by atoms with Gasteiger partial charge in [-0.25, -0.2) is 0 Å². The number of ether oxygens (including phenoxy) is 3. The standard InChI is InChI=1S/C28H36N2O6/c1-6-17-36-22-14-11-20(18-23(22)34-5)25-24(26(31)19-9-12-21(13-10-19)35-7-2)27(32)28(33)30(25)16-8-15-29(3)4/h9-14,18,25,31H,6-8,15-17H2,1-5H3/b26-24-. The molecule has 2 aromatic rings. The lowest BCUT2D eigenvalue weighted by molar-refractivity contribution is -0.139. The van der Waals surface area contributed by atoms with Crippen LogP contribution in [-0.4, -0.2) is 74.1 Å². The van der Waals surface area contributed by atoms with Crippen molar-refractivity contribution in [2.45, 2.75) is 32.7 Å². The lowest BCUT2D eigenvalue weighted by atomic mass is 9.95. The molecule has 1 N–H and O–H groups in total. The summed E-state index contributed by atoms with van der Waals surface area (Å²) in [5, 5.41) is 11.3. The summed E-state index contributed by atoms with van der Waals surface area (Å²) in [5.74, 6) is 0.182. The van der Waals surface area contributed by atoms with Crippen LogP contribution >= 0.6 is 0 Å². The number of hydrogen-bond acceptors (Lipinski definition) is 7. The number of amides is 1. The minimum Gasteiger partial charge on any atom is -0.507 e. The Morgan fingerprint density at radius 3 is 2.36 bits per heavy atom. The van der Waals surface area contributed by atoms with Crippen molar-refractivity contribution in [1.82, 2.24) is 9.80 Å². The second-order valence-corrected chi connectivity index (χ2v) is 8.87. The summed E-state index contributed by atoms with van der Waals surface area (Å²) in [6, 6.07) is 11.4. The summed E-state index contributed by atoms with van der Waals surface area (Å²) >= 11 is 0. The van der Waals surface area contributed by atoms with Crippen LogP contribution in [0.25, 0.3) is 5.76 Å². The Hall–Kier alpha value is -3.52. The number of methoxy groups -OCH3 is 1. The molecule has 1 heterocycles. The van der Waals surface area contributed by atoms with Crippen molar-refractivity contribution in [3.05, 3.63) is 59.2 Å².